The summed E-state index contributed by atoms with van der Waals surface area (Å²) in [6, 6.07) is 0.434. The average molecular weight is 214 g/mol. The van der Waals surface area contributed by atoms with Crippen LogP contribution in [-0.4, -0.2) is 43.7 Å². The van der Waals surface area contributed by atoms with Gasteiger partial charge in [-0.1, -0.05) is 6.92 Å². The molecular weight excluding hydrogens is 192 g/mol. The van der Waals surface area contributed by atoms with Crippen LogP contribution in [0.2, 0.25) is 0 Å². The Morgan fingerprint density at radius 1 is 1.60 bits per heavy atom. The Hall–Kier alpha value is -0.610. The van der Waals surface area contributed by atoms with Crippen LogP contribution in [0.4, 0.5) is 0 Å². The van der Waals surface area contributed by atoms with Crippen molar-refractivity contribution in [3.05, 3.63) is 0 Å². The lowest BCUT2D eigenvalue weighted by Crippen LogP contribution is -2.49. The minimum Gasteiger partial charge on any atom is -0.469 e. The van der Waals surface area contributed by atoms with Crippen molar-refractivity contribution in [2.24, 2.45) is 11.7 Å². The van der Waals surface area contributed by atoms with E-state index in [0.717, 1.165) is 13.1 Å². The standard InChI is InChI=1S/C11H22N2O2/c1-9-4-3-6-13(10(9)8-12)7-5-11(14)15-2/h9-10H,3-8,12H2,1-2H3. The molecule has 4 heteroatoms. The molecular formula is C11H22N2O2. The van der Waals surface area contributed by atoms with Crippen molar-refractivity contribution < 1.29 is 9.53 Å². The molecule has 1 fully saturated rings. The number of nitrogens with two attached hydrogens (primary N) is 1. The molecule has 2 unspecified atom stereocenters. The van der Waals surface area contributed by atoms with Crippen LogP contribution in [0, 0.1) is 5.92 Å². The quantitative estimate of drug-likeness (QED) is 0.697. The van der Waals surface area contributed by atoms with Crippen molar-refractivity contribution in [3.63, 3.8) is 0 Å². The maximum Gasteiger partial charge on any atom is 0.306 e. The second-order valence-electron chi connectivity index (χ2n) is 4.28. The number of hydrogen-bond donors (Lipinski definition) is 1. The Labute approximate surface area is 91.8 Å². The molecule has 0 bridgehead atoms. The molecule has 2 atom stereocenters. The SMILES string of the molecule is COC(=O)CCN1CCCC(C)C1CN. The van der Waals surface area contributed by atoms with Gasteiger partial charge in [-0.15, -0.1) is 0 Å². The van der Waals surface area contributed by atoms with E-state index in [9.17, 15) is 4.79 Å². The molecule has 1 saturated heterocycles. The maximum absolute atomic E-state index is 11.1. The Bertz CT molecular complexity index is 209. The number of ether oxygens (including phenoxy) is 1. The molecule has 2 N–H and O–H groups in total. The molecule has 0 saturated carbocycles. The van der Waals surface area contributed by atoms with Crippen LogP contribution >= 0.6 is 0 Å². The molecule has 1 aliphatic rings. The van der Waals surface area contributed by atoms with E-state index in [1.807, 2.05) is 0 Å². The van der Waals surface area contributed by atoms with Crippen LogP contribution in [0.25, 0.3) is 0 Å². The third-order valence-corrected chi connectivity index (χ3v) is 3.30. The minimum absolute atomic E-state index is 0.135. The topological polar surface area (TPSA) is 55.6 Å². The summed E-state index contributed by atoms with van der Waals surface area (Å²) < 4.78 is 4.64. The second-order valence-corrected chi connectivity index (χ2v) is 4.28. The molecule has 4 nitrogen and oxygen atoms in total. The largest absolute Gasteiger partial charge is 0.469 e. The smallest absolute Gasteiger partial charge is 0.306 e. The van der Waals surface area contributed by atoms with Crippen molar-refractivity contribution in [1.29, 1.82) is 0 Å². The van der Waals surface area contributed by atoms with Gasteiger partial charge in [-0.2, -0.15) is 0 Å². The molecule has 0 aromatic carbocycles. The van der Waals surface area contributed by atoms with E-state index in [0.29, 0.717) is 24.9 Å². The second kappa shape index (κ2) is 6.08. The Kier molecular flexibility index (Phi) is 5.05. The van der Waals surface area contributed by atoms with E-state index in [2.05, 4.69) is 16.6 Å². The number of piperidine rings is 1. The van der Waals surface area contributed by atoms with Crippen LogP contribution in [-0.2, 0) is 9.53 Å². The molecule has 0 aromatic rings. The fraction of sp³-hybridized carbons (Fsp3) is 0.909. The van der Waals surface area contributed by atoms with E-state index in [1.165, 1.54) is 20.0 Å². The third-order valence-electron chi connectivity index (χ3n) is 3.30. The van der Waals surface area contributed by atoms with E-state index >= 15 is 0 Å². The molecule has 1 aliphatic heterocycles. The number of esters is 1. The van der Waals surface area contributed by atoms with Crippen LogP contribution in [0.3, 0.4) is 0 Å². The molecule has 0 amide bonds. The zero-order valence-electron chi connectivity index (χ0n) is 9.74. The normalized spacial score (nSPS) is 27.7. The highest BCUT2D eigenvalue weighted by atomic mass is 16.5. The van der Waals surface area contributed by atoms with Gasteiger partial charge in [0, 0.05) is 19.1 Å². The fourth-order valence-electron chi connectivity index (χ4n) is 2.33. The molecule has 0 aromatic heterocycles. The lowest BCUT2D eigenvalue weighted by atomic mass is 9.91. The summed E-state index contributed by atoms with van der Waals surface area (Å²) in [5, 5.41) is 0. The highest BCUT2D eigenvalue weighted by molar-refractivity contribution is 5.69. The summed E-state index contributed by atoms with van der Waals surface area (Å²) in [4.78, 5) is 13.4. The van der Waals surface area contributed by atoms with Gasteiger partial charge in [0.2, 0.25) is 0 Å². The molecule has 15 heavy (non-hydrogen) atoms. The van der Waals surface area contributed by atoms with E-state index in [1.54, 1.807) is 0 Å². The summed E-state index contributed by atoms with van der Waals surface area (Å²) in [6.45, 7) is 4.76. The van der Waals surface area contributed by atoms with Gasteiger partial charge < -0.3 is 10.5 Å². The van der Waals surface area contributed by atoms with Gasteiger partial charge in [-0.3, -0.25) is 9.69 Å². The van der Waals surface area contributed by atoms with E-state index in [4.69, 9.17) is 5.73 Å². The van der Waals surface area contributed by atoms with Crippen molar-refractivity contribution in [1.82, 2.24) is 4.90 Å². The Balaban J connectivity index is 2.40. The maximum atomic E-state index is 11.1. The first-order chi connectivity index (χ1) is 7.19. The summed E-state index contributed by atoms with van der Waals surface area (Å²) >= 11 is 0. The fourth-order valence-corrected chi connectivity index (χ4v) is 2.33. The Morgan fingerprint density at radius 3 is 2.93 bits per heavy atom. The molecule has 1 rings (SSSR count). The lowest BCUT2D eigenvalue weighted by molar-refractivity contribution is -0.141. The van der Waals surface area contributed by atoms with Crippen LogP contribution < -0.4 is 5.73 Å². The summed E-state index contributed by atoms with van der Waals surface area (Å²) in [5.74, 6) is 0.505. The van der Waals surface area contributed by atoms with Crippen LogP contribution in [0.1, 0.15) is 26.2 Å². The lowest BCUT2D eigenvalue weighted by Gasteiger charge is -2.39. The zero-order valence-corrected chi connectivity index (χ0v) is 9.74. The number of rotatable bonds is 4. The van der Waals surface area contributed by atoms with Gasteiger partial charge in [0.05, 0.1) is 13.5 Å². The first-order valence-corrected chi connectivity index (χ1v) is 5.70. The number of carbonyl (C=O) groups excluding carboxylic acids is 1. The highest BCUT2D eigenvalue weighted by Crippen LogP contribution is 2.22. The number of likely N-dealkylation sites (tertiary alicyclic amines) is 1. The van der Waals surface area contributed by atoms with Gasteiger partial charge in [0.25, 0.3) is 0 Å². The van der Waals surface area contributed by atoms with Gasteiger partial charge in [0.1, 0.15) is 0 Å². The van der Waals surface area contributed by atoms with Gasteiger partial charge in [0.15, 0.2) is 0 Å². The number of carbonyl (C=O) groups is 1. The van der Waals surface area contributed by atoms with E-state index in [-0.39, 0.29) is 5.97 Å². The van der Waals surface area contributed by atoms with Crippen LogP contribution in [0.5, 0.6) is 0 Å². The summed E-state index contributed by atoms with van der Waals surface area (Å²) in [5.41, 5.74) is 5.77. The molecule has 88 valence electrons. The zero-order chi connectivity index (χ0) is 11.3. The predicted octanol–water partition coefficient (Wildman–Crippen LogP) is 0.609. The van der Waals surface area contributed by atoms with Gasteiger partial charge in [-0.25, -0.2) is 0 Å². The van der Waals surface area contributed by atoms with Crippen molar-refractivity contribution >= 4 is 5.97 Å². The number of nitrogens with zero attached hydrogens (tertiary/aromatic N) is 1. The molecule has 0 spiro atoms. The van der Waals surface area contributed by atoms with Crippen molar-refractivity contribution in [2.45, 2.75) is 32.2 Å². The molecule has 1 heterocycles. The third kappa shape index (κ3) is 3.47. The Morgan fingerprint density at radius 2 is 2.33 bits per heavy atom. The first-order valence-electron chi connectivity index (χ1n) is 5.70. The summed E-state index contributed by atoms with van der Waals surface area (Å²) in [7, 11) is 1.43. The monoisotopic (exact) mass is 214 g/mol. The predicted molar refractivity (Wildman–Crippen MR) is 59.4 cm³/mol. The van der Waals surface area contributed by atoms with Gasteiger partial charge >= 0.3 is 5.97 Å². The molecule has 0 aliphatic carbocycles. The minimum atomic E-state index is -0.135. The highest BCUT2D eigenvalue weighted by Gasteiger charge is 2.27. The summed E-state index contributed by atoms with van der Waals surface area (Å²) in [6.07, 6.45) is 2.93. The van der Waals surface area contributed by atoms with Crippen molar-refractivity contribution in [3.8, 4) is 0 Å². The average Bonchev–Trinajstić information content (AvgIpc) is 2.25. The number of methoxy groups -OCH3 is 1. The first kappa shape index (κ1) is 12.5. The van der Waals surface area contributed by atoms with Crippen molar-refractivity contribution in [2.75, 3.05) is 26.7 Å². The van der Waals surface area contributed by atoms with E-state index < -0.39 is 0 Å². The van der Waals surface area contributed by atoms with Crippen LogP contribution in [0.15, 0.2) is 0 Å². The van der Waals surface area contributed by atoms with Gasteiger partial charge in [-0.05, 0) is 25.3 Å². The number of hydrogen-bond acceptors (Lipinski definition) is 4. The molecule has 0 radical (unpaired) electrons.